The number of fused-ring (bicyclic) bond motifs is 1. The Hall–Kier alpha value is -2.25. The summed E-state index contributed by atoms with van der Waals surface area (Å²) in [4.78, 5) is 13.9. The molecule has 34 heavy (non-hydrogen) atoms. The summed E-state index contributed by atoms with van der Waals surface area (Å²) in [6, 6.07) is 7.29. The van der Waals surface area contributed by atoms with Crippen LogP contribution in [0.1, 0.15) is 41.6 Å². The van der Waals surface area contributed by atoms with Crippen LogP contribution in [0.15, 0.2) is 23.4 Å². The maximum Gasteiger partial charge on any atom is 0.235 e. The number of ether oxygens (including phenoxy) is 1. The van der Waals surface area contributed by atoms with Gasteiger partial charge >= 0.3 is 0 Å². The van der Waals surface area contributed by atoms with Gasteiger partial charge in [0.2, 0.25) is 5.91 Å². The lowest BCUT2D eigenvalue weighted by Crippen LogP contribution is -2.15. The smallest absolute Gasteiger partial charge is 0.235 e. The Morgan fingerprint density at radius 2 is 2.24 bits per heavy atom. The SMILES string of the molecule is CCC1CCc2c(sc(NC(=O)CSc3nnc(COc4cc(Cl)ccc4Cl)n3C)c2C#N)C1. The number of nitrogens with zero attached hydrogens (tertiary/aromatic N) is 4. The molecule has 0 bridgehead atoms. The second-order valence-corrected chi connectivity index (χ2v) is 10.9. The van der Waals surface area contributed by atoms with E-state index < -0.39 is 0 Å². The Morgan fingerprint density at radius 3 is 3.00 bits per heavy atom. The van der Waals surface area contributed by atoms with Crippen LogP contribution in [0, 0.1) is 17.2 Å². The zero-order valence-electron chi connectivity index (χ0n) is 18.7. The van der Waals surface area contributed by atoms with E-state index in [1.54, 1.807) is 22.8 Å². The molecule has 0 saturated heterocycles. The van der Waals surface area contributed by atoms with E-state index in [0.717, 1.165) is 31.2 Å². The molecule has 1 atom stereocenters. The minimum Gasteiger partial charge on any atom is -0.484 e. The van der Waals surface area contributed by atoms with Gasteiger partial charge in [-0.1, -0.05) is 48.3 Å². The van der Waals surface area contributed by atoms with Crippen LogP contribution in [0.2, 0.25) is 10.0 Å². The Morgan fingerprint density at radius 1 is 1.41 bits per heavy atom. The van der Waals surface area contributed by atoms with E-state index in [1.807, 2.05) is 7.05 Å². The number of nitriles is 1. The molecule has 1 amide bonds. The molecule has 3 aromatic rings. The van der Waals surface area contributed by atoms with Crippen LogP contribution in [0.5, 0.6) is 5.75 Å². The number of carbonyl (C=O) groups is 1. The van der Waals surface area contributed by atoms with Gasteiger partial charge < -0.3 is 14.6 Å². The molecule has 1 N–H and O–H groups in total. The lowest BCUT2D eigenvalue weighted by atomic mass is 9.86. The van der Waals surface area contributed by atoms with Gasteiger partial charge in [-0.3, -0.25) is 4.79 Å². The molecule has 0 spiro atoms. The number of rotatable bonds is 8. The zero-order chi connectivity index (χ0) is 24.2. The summed E-state index contributed by atoms with van der Waals surface area (Å²) in [6.07, 6.45) is 4.12. The van der Waals surface area contributed by atoms with Crippen LogP contribution < -0.4 is 10.1 Å². The fraction of sp³-hybridized carbons (Fsp3) is 0.391. The van der Waals surface area contributed by atoms with Gasteiger partial charge in [-0.05, 0) is 42.9 Å². The molecule has 7 nitrogen and oxygen atoms in total. The molecule has 1 aliphatic rings. The van der Waals surface area contributed by atoms with Crippen LogP contribution >= 0.6 is 46.3 Å². The van der Waals surface area contributed by atoms with Crippen molar-refractivity contribution in [2.24, 2.45) is 13.0 Å². The summed E-state index contributed by atoms with van der Waals surface area (Å²) in [7, 11) is 1.81. The van der Waals surface area contributed by atoms with Crippen LogP contribution in [-0.4, -0.2) is 26.4 Å². The highest BCUT2D eigenvalue weighted by atomic mass is 35.5. The van der Waals surface area contributed by atoms with Crippen molar-refractivity contribution in [1.29, 1.82) is 5.26 Å². The molecular formula is C23H23Cl2N5O2S2. The summed E-state index contributed by atoms with van der Waals surface area (Å²) < 4.78 is 7.50. The van der Waals surface area contributed by atoms with Crippen molar-refractivity contribution in [1.82, 2.24) is 14.8 Å². The average Bonchev–Trinajstić information content (AvgIpc) is 3.36. The van der Waals surface area contributed by atoms with Gasteiger partial charge in [0.15, 0.2) is 11.0 Å². The molecule has 11 heteroatoms. The molecule has 2 aromatic heterocycles. The van der Waals surface area contributed by atoms with Gasteiger partial charge in [0.25, 0.3) is 0 Å². The fourth-order valence-corrected chi connectivity index (χ4v) is 6.22. The molecule has 0 aliphatic heterocycles. The first-order valence-corrected chi connectivity index (χ1v) is 13.4. The first-order chi connectivity index (χ1) is 16.4. The third kappa shape index (κ3) is 5.52. The number of amides is 1. The predicted octanol–water partition coefficient (Wildman–Crippen LogP) is 5.88. The van der Waals surface area contributed by atoms with Gasteiger partial charge in [-0.15, -0.1) is 21.5 Å². The number of aromatic nitrogens is 3. The maximum atomic E-state index is 12.6. The second kappa shape index (κ2) is 11.0. The monoisotopic (exact) mass is 535 g/mol. The predicted molar refractivity (Wildman–Crippen MR) is 136 cm³/mol. The molecule has 1 aromatic carbocycles. The molecule has 0 radical (unpaired) electrons. The van der Waals surface area contributed by atoms with Gasteiger partial charge in [0.05, 0.1) is 16.3 Å². The van der Waals surface area contributed by atoms with Crippen molar-refractivity contribution in [2.75, 3.05) is 11.1 Å². The van der Waals surface area contributed by atoms with E-state index in [9.17, 15) is 10.1 Å². The van der Waals surface area contributed by atoms with Crippen LogP contribution in [0.3, 0.4) is 0 Å². The number of anilines is 1. The van der Waals surface area contributed by atoms with Crippen LogP contribution in [0.25, 0.3) is 0 Å². The number of nitrogens with one attached hydrogen (secondary N) is 1. The number of carbonyl (C=O) groups excluding carboxylic acids is 1. The number of benzene rings is 1. The zero-order valence-corrected chi connectivity index (χ0v) is 21.9. The molecular weight excluding hydrogens is 513 g/mol. The Bertz CT molecular complexity index is 1250. The van der Waals surface area contributed by atoms with Gasteiger partial charge in [-0.2, -0.15) is 5.26 Å². The van der Waals surface area contributed by atoms with Gasteiger partial charge in [0, 0.05) is 23.0 Å². The Balaban J connectivity index is 1.35. The maximum absolute atomic E-state index is 12.6. The molecule has 2 heterocycles. The highest BCUT2D eigenvalue weighted by Crippen LogP contribution is 2.40. The third-order valence-electron chi connectivity index (χ3n) is 5.82. The summed E-state index contributed by atoms with van der Waals surface area (Å²) >= 11 is 14.9. The van der Waals surface area contributed by atoms with E-state index in [-0.39, 0.29) is 18.3 Å². The summed E-state index contributed by atoms with van der Waals surface area (Å²) in [6.45, 7) is 2.35. The fourth-order valence-electron chi connectivity index (χ4n) is 3.83. The highest BCUT2D eigenvalue weighted by molar-refractivity contribution is 7.99. The van der Waals surface area contributed by atoms with Crippen LogP contribution in [-0.2, 0) is 31.3 Å². The number of hydrogen-bond donors (Lipinski definition) is 1. The molecule has 1 aliphatic carbocycles. The Kier molecular flexibility index (Phi) is 8.04. The van der Waals surface area contributed by atoms with E-state index in [1.165, 1.54) is 28.0 Å². The number of thiophene rings is 1. The van der Waals surface area contributed by atoms with Crippen molar-refractivity contribution >= 4 is 57.2 Å². The molecule has 0 saturated carbocycles. The third-order valence-corrected chi connectivity index (χ3v) is 8.55. The lowest BCUT2D eigenvalue weighted by Gasteiger charge is -2.20. The molecule has 178 valence electrons. The van der Waals surface area contributed by atoms with Crippen molar-refractivity contribution in [3.8, 4) is 11.8 Å². The van der Waals surface area contributed by atoms with Gasteiger partial charge in [-0.25, -0.2) is 0 Å². The van der Waals surface area contributed by atoms with E-state index in [0.29, 0.717) is 43.3 Å². The minimum atomic E-state index is -0.182. The van der Waals surface area contributed by atoms with E-state index in [2.05, 4.69) is 28.5 Å². The Labute approximate surface area is 216 Å². The summed E-state index contributed by atoms with van der Waals surface area (Å²) in [5, 5.41) is 23.1. The van der Waals surface area contributed by atoms with Crippen molar-refractivity contribution < 1.29 is 9.53 Å². The normalized spacial score (nSPS) is 15.0. The van der Waals surface area contributed by atoms with Crippen molar-refractivity contribution in [3.63, 3.8) is 0 Å². The van der Waals surface area contributed by atoms with E-state index >= 15 is 0 Å². The highest BCUT2D eigenvalue weighted by Gasteiger charge is 2.26. The van der Waals surface area contributed by atoms with Crippen LogP contribution in [0.4, 0.5) is 5.00 Å². The molecule has 1 unspecified atom stereocenters. The van der Waals surface area contributed by atoms with E-state index in [4.69, 9.17) is 27.9 Å². The lowest BCUT2D eigenvalue weighted by molar-refractivity contribution is -0.113. The first kappa shape index (κ1) is 24.9. The summed E-state index contributed by atoms with van der Waals surface area (Å²) in [5.41, 5.74) is 1.73. The quantitative estimate of drug-likeness (QED) is 0.362. The van der Waals surface area contributed by atoms with Crippen molar-refractivity contribution in [3.05, 3.63) is 50.1 Å². The number of hydrogen-bond acceptors (Lipinski definition) is 7. The number of thioether (sulfide) groups is 1. The number of halogens is 2. The molecule has 0 fully saturated rings. The topological polar surface area (TPSA) is 92.8 Å². The second-order valence-electron chi connectivity index (χ2n) is 7.99. The standard InChI is InChI=1S/C23H23Cl2N5O2S2/c1-3-13-4-6-15-16(10-26)22(34-19(15)8-13)27-21(31)12-33-23-29-28-20(30(23)2)11-32-18-9-14(24)5-7-17(18)25/h5,7,9,13H,3-4,6,8,11-12H2,1-2H3,(H,27,31). The van der Waals surface area contributed by atoms with Gasteiger partial charge in [0.1, 0.15) is 23.4 Å². The molecule has 4 rings (SSSR count). The average molecular weight is 537 g/mol. The largest absolute Gasteiger partial charge is 0.484 e. The van der Waals surface area contributed by atoms with Crippen molar-refractivity contribution in [2.45, 2.75) is 44.4 Å². The minimum absolute atomic E-state index is 0.151. The first-order valence-electron chi connectivity index (χ1n) is 10.8. The summed E-state index contributed by atoms with van der Waals surface area (Å²) in [5.74, 6) is 1.67.